The Morgan fingerprint density at radius 1 is 1.40 bits per heavy atom. The first-order chi connectivity index (χ1) is 9.41. The summed E-state index contributed by atoms with van der Waals surface area (Å²) in [7, 11) is 0. The lowest BCUT2D eigenvalue weighted by Gasteiger charge is -2.46. The van der Waals surface area contributed by atoms with Crippen LogP contribution < -0.4 is 5.32 Å². The van der Waals surface area contributed by atoms with Crippen LogP contribution in [0.25, 0.3) is 0 Å². The fourth-order valence-corrected chi connectivity index (χ4v) is 3.17. The number of piperazine rings is 1. The summed E-state index contributed by atoms with van der Waals surface area (Å²) in [5, 5.41) is 3.01. The second-order valence-corrected chi connectivity index (χ2v) is 6.51. The van der Waals surface area contributed by atoms with E-state index in [-0.39, 0.29) is 23.8 Å². The van der Waals surface area contributed by atoms with E-state index < -0.39 is 5.54 Å². The number of nitrogens with zero attached hydrogens (tertiary/aromatic N) is 1. The highest BCUT2D eigenvalue weighted by atomic mass is 16.2. The van der Waals surface area contributed by atoms with Crippen LogP contribution in [0.5, 0.6) is 0 Å². The number of allylic oxidation sites excluding steroid dienone is 1. The van der Waals surface area contributed by atoms with Gasteiger partial charge < -0.3 is 10.2 Å². The van der Waals surface area contributed by atoms with Gasteiger partial charge in [0, 0.05) is 6.54 Å². The maximum Gasteiger partial charge on any atom is 0.249 e. The second-order valence-electron chi connectivity index (χ2n) is 6.51. The minimum atomic E-state index is -0.682. The van der Waals surface area contributed by atoms with Gasteiger partial charge in [-0.1, -0.05) is 26.0 Å². The van der Waals surface area contributed by atoms with Crippen molar-refractivity contribution in [3.63, 3.8) is 0 Å². The molecule has 4 heteroatoms. The number of nitrogens with one attached hydrogen (secondary N) is 1. The van der Waals surface area contributed by atoms with Gasteiger partial charge in [-0.05, 0) is 44.9 Å². The van der Waals surface area contributed by atoms with E-state index in [0.717, 1.165) is 19.3 Å². The zero-order valence-corrected chi connectivity index (χ0v) is 13.0. The molecule has 0 radical (unpaired) electrons. The van der Waals surface area contributed by atoms with Crippen LogP contribution >= 0.6 is 0 Å². The largest absolute Gasteiger partial charge is 0.340 e. The van der Waals surface area contributed by atoms with Crippen molar-refractivity contribution < 1.29 is 9.59 Å². The fraction of sp³-hybridized carbons (Fsp3) is 0.750. The molecule has 0 spiro atoms. The number of amides is 2. The molecule has 0 aromatic rings. The van der Waals surface area contributed by atoms with Gasteiger partial charge in [0.25, 0.3) is 0 Å². The molecular formula is C16H26N2O2. The van der Waals surface area contributed by atoms with Gasteiger partial charge >= 0.3 is 0 Å². The molecule has 2 rings (SSSR count). The smallest absolute Gasteiger partial charge is 0.249 e. The molecule has 2 aliphatic rings. The first kappa shape index (κ1) is 15.1. The fourth-order valence-electron chi connectivity index (χ4n) is 3.17. The normalized spacial score (nSPS) is 31.2. The molecule has 2 fully saturated rings. The number of rotatable bonds is 5. The van der Waals surface area contributed by atoms with Crippen molar-refractivity contribution in [2.45, 2.75) is 58.5 Å². The summed E-state index contributed by atoms with van der Waals surface area (Å²) < 4.78 is 0. The van der Waals surface area contributed by atoms with Gasteiger partial charge in [-0.25, -0.2) is 0 Å². The second kappa shape index (κ2) is 5.58. The van der Waals surface area contributed by atoms with Gasteiger partial charge in [0.05, 0.1) is 0 Å². The van der Waals surface area contributed by atoms with E-state index in [1.807, 2.05) is 44.7 Å². The molecule has 2 amide bonds. The Morgan fingerprint density at radius 2 is 2.05 bits per heavy atom. The summed E-state index contributed by atoms with van der Waals surface area (Å²) in [6.45, 7) is 8.49. The highest BCUT2D eigenvalue weighted by Crippen LogP contribution is 2.42. The molecule has 112 valence electrons. The van der Waals surface area contributed by atoms with Crippen LogP contribution in [-0.2, 0) is 9.59 Å². The van der Waals surface area contributed by atoms with E-state index >= 15 is 0 Å². The average molecular weight is 278 g/mol. The predicted molar refractivity (Wildman–Crippen MR) is 79.0 cm³/mol. The Balaban J connectivity index is 2.23. The Morgan fingerprint density at radius 3 is 2.55 bits per heavy atom. The van der Waals surface area contributed by atoms with Crippen LogP contribution in [0.2, 0.25) is 0 Å². The summed E-state index contributed by atoms with van der Waals surface area (Å²) in [5.41, 5.74) is -0.682. The minimum Gasteiger partial charge on any atom is -0.340 e. The molecule has 0 aromatic carbocycles. The summed E-state index contributed by atoms with van der Waals surface area (Å²) in [4.78, 5) is 27.1. The van der Waals surface area contributed by atoms with E-state index in [9.17, 15) is 9.59 Å². The summed E-state index contributed by atoms with van der Waals surface area (Å²) in [6, 6.07) is -0.334. The molecule has 2 unspecified atom stereocenters. The van der Waals surface area contributed by atoms with Crippen LogP contribution in [0, 0.1) is 11.8 Å². The molecule has 1 aliphatic carbocycles. The number of hydrogen-bond acceptors (Lipinski definition) is 2. The number of carbonyl (C=O) groups is 2. The zero-order chi connectivity index (χ0) is 14.9. The van der Waals surface area contributed by atoms with Crippen LogP contribution in [0.1, 0.15) is 47.0 Å². The van der Waals surface area contributed by atoms with Gasteiger partial charge in [-0.3, -0.25) is 9.59 Å². The van der Waals surface area contributed by atoms with E-state index in [4.69, 9.17) is 0 Å². The Hall–Kier alpha value is -1.32. The maximum atomic E-state index is 12.9. The monoisotopic (exact) mass is 278 g/mol. The van der Waals surface area contributed by atoms with Crippen LogP contribution in [0.15, 0.2) is 12.2 Å². The number of carbonyl (C=O) groups excluding carboxylic acids is 2. The van der Waals surface area contributed by atoms with Crippen molar-refractivity contribution in [1.29, 1.82) is 0 Å². The molecule has 1 aliphatic heterocycles. The van der Waals surface area contributed by atoms with Gasteiger partial charge in [-0.15, -0.1) is 0 Å². The predicted octanol–water partition coefficient (Wildman–Crippen LogP) is 2.10. The van der Waals surface area contributed by atoms with E-state index in [0.29, 0.717) is 12.5 Å². The molecule has 2 atom stereocenters. The zero-order valence-electron chi connectivity index (χ0n) is 13.0. The molecule has 20 heavy (non-hydrogen) atoms. The van der Waals surface area contributed by atoms with Gasteiger partial charge in [0.15, 0.2) is 0 Å². The highest BCUT2D eigenvalue weighted by molar-refractivity contribution is 6.00. The lowest BCUT2D eigenvalue weighted by molar-refractivity contribution is -0.157. The van der Waals surface area contributed by atoms with Crippen molar-refractivity contribution in [3.05, 3.63) is 12.2 Å². The van der Waals surface area contributed by atoms with Crippen molar-refractivity contribution >= 4 is 11.8 Å². The molecule has 4 nitrogen and oxygen atoms in total. The molecular weight excluding hydrogens is 252 g/mol. The summed E-state index contributed by atoms with van der Waals surface area (Å²) in [5.74, 6) is 0.557. The van der Waals surface area contributed by atoms with Gasteiger partial charge in [0.2, 0.25) is 11.8 Å². The molecule has 1 saturated carbocycles. The third kappa shape index (κ3) is 2.60. The maximum absolute atomic E-state index is 12.9. The third-order valence-electron chi connectivity index (χ3n) is 4.49. The van der Waals surface area contributed by atoms with Crippen LogP contribution in [0.3, 0.4) is 0 Å². The third-order valence-corrected chi connectivity index (χ3v) is 4.49. The summed E-state index contributed by atoms with van der Waals surface area (Å²) in [6.07, 6.45) is 6.92. The molecule has 0 aromatic heterocycles. The first-order valence-corrected chi connectivity index (χ1v) is 7.66. The Labute approximate surface area is 121 Å². The highest BCUT2D eigenvalue weighted by Gasteiger charge is 2.55. The molecule has 0 bridgehead atoms. The SMILES string of the molecule is C/C=C/CCN1C(=O)C(C)(C2CC2)NC(=O)C1C(C)C. The molecule has 1 saturated heterocycles. The standard InChI is InChI=1S/C16H26N2O2/c1-5-6-7-10-18-13(11(2)3)14(19)17-16(4,15(18)20)12-8-9-12/h5-6,11-13H,7-10H2,1-4H3,(H,17,19)/b6-5+. The Bertz CT molecular complexity index is 426. The average Bonchev–Trinajstić information content (AvgIpc) is 3.19. The summed E-state index contributed by atoms with van der Waals surface area (Å²) >= 11 is 0. The van der Waals surface area contributed by atoms with E-state index in [1.54, 1.807) is 0 Å². The van der Waals surface area contributed by atoms with Crippen molar-refractivity contribution in [2.24, 2.45) is 11.8 Å². The molecule has 1 N–H and O–H groups in total. The van der Waals surface area contributed by atoms with Crippen molar-refractivity contribution in [3.8, 4) is 0 Å². The van der Waals surface area contributed by atoms with Crippen LogP contribution in [-0.4, -0.2) is 34.8 Å². The first-order valence-electron chi connectivity index (χ1n) is 7.66. The quantitative estimate of drug-likeness (QED) is 0.783. The van der Waals surface area contributed by atoms with Gasteiger partial charge in [-0.2, -0.15) is 0 Å². The number of hydrogen-bond donors (Lipinski definition) is 1. The van der Waals surface area contributed by atoms with Gasteiger partial charge in [0.1, 0.15) is 11.6 Å². The van der Waals surface area contributed by atoms with E-state index in [1.165, 1.54) is 0 Å². The Kier molecular flexibility index (Phi) is 4.21. The van der Waals surface area contributed by atoms with Crippen molar-refractivity contribution in [1.82, 2.24) is 10.2 Å². The lowest BCUT2D eigenvalue weighted by Crippen LogP contribution is -2.71. The topological polar surface area (TPSA) is 49.4 Å². The lowest BCUT2D eigenvalue weighted by atomic mass is 9.86. The van der Waals surface area contributed by atoms with E-state index in [2.05, 4.69) is 5.32 Å². The molecule has 1 heterocycles. The van der Waals surface area contributed by atoms with Crippen LogP contribution in [0.4, 0.5) is 0 Å². The minimum absolute atomic E-state index is 0.00878. The van der Waals surface area contributed by atoms with Crippen molar-refractivity contribution in [2.75, 3.05) is 6.54 Å².